The molecule has 9 heteroatoms. The Labute approximate surface area is 154 Å². The van der Waals surface area contributed by atoms with Gasteiger partial charge in [0.2, 0.25) is 15.9 Å². The molecule has 26 heavy (non-hydrogen) atoms. The zero-order valence-electron chi connectivity index (χ0n) is 14.9. The molecule has 1 aromatic rings. The van der Waals surface area contributed by atoms with Crippen LogP contribution in [0, 0.1) is 5.82 Å². The first kappa shape index (κ1) is 20.8. The monoisotopic (exact) mass is 387 g/mol. The highest BCUT2D eigenvalue weighted by Gasteiger charge is 2.24. The Morgan fingerprint density at radius 2 is 1.92 bits per heavy atom. The van der Waals surface area contributed by atoms with Crippen molar-refractivity contribution in [1.29, 1.82) is 0 Å². The molecule has 1 aromatic carbocycles. The second-order valence-electron chi connectivity index (χ2n) is 6.13. The van der Waals surface area contributed by atoms with Crippen LogP contribution in [0.25, 0.3) is 0 Å². The Bertz CT molecular complexity index is 676. The molecule has 0 bridgehead atoms. The SMILES string of the molecule is CCC(NS(=O)(=O)c1ccc(F)cc1)C(=O)NCCCN1CCOCC1. The number of amides is 1. The number of carbonyl (C=O) groups is 1. The van der Waals surface area contributed by atoms with Gasteiger partial charge in [-0.1, -0.05) is 6.92 Å². The van der Waals surface area contributed by atoms with Gasteiger partial charge in [0.05, 0.1) is 18.1 Å². The molecule has 1 aliphatic rings. The summed E-state index contributed by atoms with van der Waals surface area (Å²) in [5, 5.41) is 2.77. The number of hydrogen-bond donors (Lipinski definition) is 2. The van der Waals surface area contributed by atoms with Gasteiger partial charge in [-0.15, -0.1) is 0 Å². The Hall–Kier alpha value is -1.55. The van der Waals surface area contributed by atoms with Crippen LogP contribution in [0.3, 0.4) is 0 Å². The van der Waals surface area contributed by atoms with E-state index in [1.54, 1.807) is 6.92 Å². The number of sulfonamides is 1. The van der Waals surface area contributed by atoms with Gasteiger partial charge in [-0.3, -0.25) is 9.69 Å². The van der Waals surface area contributed by atoms with Gasteiger partial charge in [-0.05, 0) is 43.7 Å². The van der Waals surface area contributed by atoms with Crippen molar-refractivity contribution in [2.45, 2.75) is 30.7 Å². The summed E-state index contributed by atoms with van der Waals surface area (Å²) in [7, 11) is -3.88. The third kappa shape index (κ3) is 6.31. The van der Waals surface area contributed by atoms with Gasteiger partial charge in [-0.2, -0.15) is 4.72 Å². The van der Waals surface area contributed by atoms with Crippen molar-refractivity contribution in [1.82, 2.24) is 14.9 Å². The predicted molar refractivity (Wildman–Crippen MR) is 95.7 cm³/mol. The second-order valence-corrected chi connectivity index (χ2v) is 7.85. The molecule has 0 aromatic heterocycles. The van der Waals surface area contributed by atoms with E-state index >= 15 is 0 Å². The summed E-state index contributed by atoms with van der Waals surface area (Å²) in [4.78, 5) is 14.5. The highest BCUT2D eigenvalue weighted by atomic mass is 32.2. The normalized spacial score (nSPS) is 17.0. The van der Waals surface area contributed by atoms with E-state index in [1.165, 1.54) is 12.1 Å². The molecule has 7 nitrogen and oxygen atoms in total. The lowest BCUT2D eigenvalue weighted by Gasteiger charge is -2.26. The molecular weight excluding hydrogens is 361 g/mol. The van der Waals surface area contributed by atoms with Crippen LogP contribution >= 0.6 is 0 Å². The number of halogens is 1. The molecular formula is C17H26FN3O4S. The van der Waals surface area contributed by atoms with Gasteiger partial charge < -0.3 is 10.1 Å². The molecule has 1 aliphatic heterocycles. The minimum Gasteiger partial charge on any atom is -0.379 e. The largest absolute Gasteiger partial charge is 0.379 e. The summed E-state index contributed by atoms with van der Waals surface area (Å²) in [6.45, 7) is 6.31. The zero-order valence-corrected chi connectivity index (χ0v) is 15.7. The summed E-state index contributed by atoms with van der Waals surface area (Å²) in [6, 6.07) is 3.62. The molecule has 1 unspecified atom stereocenters. The number of nitrogens with zero attached hydrogens (tertiary/aromatic N) is 1. The van der Waals surface area contributed by atoms with Gasteiger partial charge in [-0.25, -0.2) is 12.8 Å². The number of hydrogen-bond acceptors (Lipinski definition) is 5. The van der Waals surface area contributed by atoms with E-state index in [-0.39, 0.29) is 10.8 Å². The first-order chi connectivity index (χ1) is 12.4. The quantitative estimate of drug-likeness (QED) is 0.610. The Balaban J connectivity index is 1.80. The van der Waals surface area contributed by atoms with Crippen molar-refractivity contribution in [3.63, 3.8) is 0 Å². The summed E-state index contributed by atoms with van der Waals surface area (Å²) in [6.07, 6.45) is 1.10. The Kier molecular flexibility index (Phi) is 7.95. The highest BCUT2D eigenvalue weighted by Crippen LogP contribution is 2.11. The van der Waals surface area contributed by atoms with Crippen molar-refractivity contribution in [3.05, 3.63) is 30.1 Å². The summed E-state index contributed by atoms with van der Waals surface area (Å²) < 4.78 is 45.3. The first-order valence-electron chi connectivity index (χ1n) is 8.78. The van der Waals surface area contributed by atoms with Crippen molar-refractivity contribution < 1.29 is 22.3 Å². The minimum absolute atomic E-state index is 0.0718. The first-order valence-corrected chi connectivity index (χ1v) is 10.3. The highest BCUT2D eigenvalue weighted by molar-refractivity contribution is 7.89. The van der Waals surface area contributed by atoms with Crippen molar-refractivity contribution in [3.8, 4) is 0 Å². The van der Waals surface area contributed by atoms with Crippen LogP contribution in [-0.2, 0) is 19.6 Å². The molecule has 0 radical (unpaired) electrons. The van der Waals surface area contributed by atoms with E-state index < -0.39 is 21.9 Å². The number of benzene rings is 1. The van der Waals surface area contributed by atoms with Crippen LogP contribution in [-0.4, -0.2) is 64.7 Å². The molecule has 1 fully saturated rings. The molecule has 146 valence electrons. The van der Waals surface area contributed by atoms with Gasteiger partial charge in [0.1, 0.15) is 11.9 Å². The fraction of sp³-hybridized carbons (Fsp3) is 0.588. The van der Waals surface area contributed by atoms with Crippen molar-refractivity contribution in [2.24, 2.45) is 0 Å². The van der Waals surface area contributed by atoms with E-state index in [0.29, 0.717) is 13.0 Å². The third-order valence-electron chi connectivity index (χ3n) is 4.20. The molecule has 2 N–H and O–H groups in total. The van der Waals surface area contributed by atoms with E-state index in [9.17, 15) is 17.6 Å². The van der Waals surface area contributed by atoms with Crippen LogP contribution in [0.15, 0.2) is 29.2 Å². The molecule has 1 amide bonds. The lowest BCUT2D eigenvalue weighted by atomic mass is 10.2. The number of nitrogens with one attached hydrogen (secondary N) is 2. The fourth-order valence-electron chi connectivity index (χ4n) is 2.65. The molecule has 0 aliphatic carbocycles. The van der Waals surface area contributed by atoms with E-state index in [4.69, 9.17) is 4.74 Å². The van der Waals surface area contributed by atoms with Crippen molar-refractivity contribution >= 4 is 15.9 Å². The molecule has 2 rings (SSSR count). The lowest BCUT2D eigenvalue weighted by Crippen LogP contribution is -2.47. The van der Waals surface area contributed by atoms with Crippen LogP contribution < -0.4 is 10.0 Å². The van der Waals surface area contributed by atoms with Gasteiger partial charge in [0.15, 0.2) is 0 Å². The third-order valence-corrected chi connectivity index (χ3v) is 5.69. The van der Waals surface area contributed by atoms with Crippen LogP contribution in [0.2, 0.25) is 0 Å². The Morgan fingerprint density at radius 3 is 2.54 bits per heavy atom. The molecule has 1 heterocycles. The van der Waals surface area contributed by atoms with Gasteiger partial charge in [0, 0.05) is 19.6 Å². The smallest absolute Gasteiger partial charge is 0.241 e. The average Bonchev–Trinajstić information content (AvgIpc) is 2.64. The standard InChI is InChI=1S/C17H26FN3O4S/c1-2-16(20-26(23,24)15-6-4-14(18)5-7-15)17(22)19-8-3-9-21-10-12-25-13-11-21/h4-7,16,20H,2-3,8-13H2,1H3,(H,19,22). The van der Waals surface area contributed by atoms with Crippen LogP contribution in [0.1, 0.15) is 19.8 Å². The number of rotatable bonds is 9. The number of morpholine rings is 1. The van der Waals surface area contributed by atoms with E-state index in [1.807, 2.05) is 0 Å². The van der Waals surface area contributed by atoms with Crippen molar-refractivity contribution in [2.75, 3.05) is 39.4 Å². The van der Waals surface area contributed by atoms with Gasteiger partial charge >= 0.3 is 0 Å². The molecule has 1 atom stereocenters. The fourth-order valence-corrected chi connectivity index (χ4v) is 3.93. The summed E-state index contributed by atoms with van der Waals surface area (Å²) >= 11 is 0. The molecule has 0 saturated carbocycles. The van der Waals surface area contributed by atoms with Crippen LogP contribution in [0.4, 0.5) is 4.39 Å². The average molecular weight is 387 g/mol. The topological polar surface area (TPSA) is 87.7 Å². The summed E-state index contributed by atoms with van der Waals surface area (Å²) in [5.74, 6) is -0.880. The molecule has 1 saturated heterocycles. The second kappa shape index (κ2) is 9.96. The summed E-state index contributed by atoms with van der Waals surface area (Å²) in [5.41, 5.74) is 0. The molecule has 0 spiro atoms. The maximum atomic E-state index is 12.9. The minimum atomic E-state index is -3.88. The maximum Gasteiger partial charge on any atom is 0.241 e. The number of carbonyl (C=O) groups excluding carboxylic acids is 1. The van der Waals surface area contributed by atoms with E-state index in [2.05, 4.69) is 14.9 Å². The number of ether oxygens (including phenoxy) is 1. The predicted octanol–water partition coefficient (Wildman–Crippen LogP) is 0.721. The van der Waals surface area contributed by atoms with E-state index in [0.717, 1.165) is 51.4 Å². The Morgan fingerprint density at radius 1 is 1.27 bits per heavy atom. The maximum absolute atomic E-state index is 12.9. The van der Waals surface area contributed by atoms with Gasteiger partial charge in [0.25, 0.3) is 0 Å². The van der Waals surface area contributed by atoms with Crippen LogP contribution in [0.5, 0.6) is 0 Å². The zero-order chi connectivity index (χ0) is 19.0. The lowest BCUT2D eigenvalue weighted by molar-refractivity contribution is -0.122.